The van der Waals surface area contributed by atoms with Gasteiger partial charge in [-0.15, -0.1) is 0 Å². The van der Waals surface area contributed by atoms with Crippen LogP contribution in [0.3, 0.4) is 0 Å². The maximum atomic E-state index is 12.3. The van der Waals surface area contributed by atoms with Crippen LogP contribution in [-0.4, -0.2) is 46.5 Å². The Bertz CT molecular complexity index is 618. The summed E-state index contributed by atoms with van der Waals surface area (Å²) < 4.78 is 0. The van der Waals surface area contributed by atoms with Crippen molar-refractivity contribution in [2.45, 2.75) is 32.7 Å². The van der Waals surface area contributed by atoms with Crippen molar-refractivity contribution in [2.24, 2.45) is 0 Å². The fourth-order valence-electron chi connectivity index (χ4n) is 2.63. The van der Waals surface area contributed by atoms with Crippen LogP contribution in [-0.2, 0) is 9.59 Å². The molecule has 1 saturated heterocycles. The van der Waals surface area contributed by atoms with Gasteiger partial charge in [0.05, 0.1) is 11.1 Å². The second-order valence-corrected chi connectivity index (χ2v) is 4.87. The predicted molar refractivity (Wildman–Crippen MR) is 79.1 cm³/mol. The fraction of sp³-hybridized carbons (Fsp3) is 0.375. The van der Waals surface area contributed by atoms with Crippen molar-refractivity contribution in [3.8, 4) is 0 Å². The van der Waals surface area contributed by atoms with E-state index in [-0.39, 0.29) is 18.7 Å². The molecule has 1 atom stereocenters. The number of amides is 4. The molecule has 4 amide bonds. The van der Waals surface area contributed by atoms with Gasteiger partial charge in [0.25, 0.3) is 17.7 Å². The molecule has 0 radical (unpaired) electrons. The molecule has 1 fully saturated rings. The molecule has 0 aromatic heterocycles. The molecule has 22 heavy (non-hydrogen) atoms. The summed E-state index contributed by atoms with van der Waals surface area (Å²) in [4.78, 5) is 50.1. The molecule has 2 aliphatic heterocycles. The van der Waals surface area contributed by atoms with Crippen LogP contribution in [0.15, 0.2) is 24.3 Å². The molecule has 1 aromatic carbocycles. The first-order valence-electron chi connectivity index (χ1n) is 7.29. The molecular weight excluding hydrogens is 284 g/mol. The van der Waals surface area contributed by atoms with E-state index in [0.717, 1.165) is 9.80 Å². The third kappa shape index (κ3) is 2.30. The highest BCUT2D eigenvalue weighted by molar-refractivity contribution is 6.23. The van der Waals surface area contributed by atoms with Crippen LogP contribution in [0, 0.1) is 0 Å². The first-order chi connectivity index (χ1) is 10.5. The average molecular weight is 302 g/mol. The van der Waals surface area contributed by atoms with Gasteiger partial charge in [0.15, 0.2) is 0 Å². The highest BCUT2D eigenvalue weighted by Gasteiger charge is 2.45. The second-order valence-electron chi connectivity index (χ2n) is 4.87. The quantitative estimate of drug-likeness (QED) is 0.736. The van der Waals surface area contributed by atoms with Gasteiger partial charge in [0.1, 0.15) is 6.04 Å². The lowest BCUT2D eigenvalue weighted by Gasteiger charge is -2.32. The Morgan fingerprint density at radius 1 is 0.955 bits per heavy atom. The van der Waals surface area contributed by atoms with Crippen LogP contribution >= 0.6 is 0 Å². The highest BCUT2D eigenvalue weighted by atomic mass is 16.2. The maximum Gasteiger partial charge on any atom is 0.262 e. The monoisotopic (exact) mass is 302 g/mol. The van der Waals surface area contributed by atoms with Crippen molar-refractivity contribution in [2.75, 3.05) is 7.05 Å². The minimum atomic E-state index is -0.884. The molecule has 0 saturated carbocycles. The zero-order valence-corrected chi connectivity index (χ0v) is 12.8. The number of hydrogen-bond donors (Lipinski definition) is 0. The zero-order chi connectivity index (χ0) is 16.4. The first-order valence-corrected chi connectivity index (χ1v) is 7.29. The van der Waals surface area contributed by atoms with Gasteiger partial charge in [0.2, 0.25) is 5.91 Å². The van der Waals surface area contributed by atoms with E-state index in [2.05, 4.69) is 0 Å². The molecule has 0 spiro atoms. The van der Waals surface area contributed by atoms with Crippen LogP contribution in [0.4, 0.5) is 0 Å². The molecule has 1 unspecified atom stereocenters. The standard InChI is InChI=1S/C14H12N2O4.C2H6/c1-15-11(17)7-6-10(14(15)20)16-12(18)8-4-2-3-5-9(8)13(16)19;1-2/h2-5,10H,6-7H2,1H3;1-2H3. The molecule has 0 N–H and O–H groups in total. The van der Waals surface area contributed by atoms with Crippen LogP contribution in [0.5, 0.6) is 0 Å². The molecule has 2 heterocycles. The summed E-state index contributed by atoms with van der Waals surface area (Å²) in [6, 6.07) is 5.60. The van der Waals surface area contributed by atoms with Crippen molar-refractivity contribution in [3.05, 3.63) is 35.4 Å². The van der Waals surface area contributed by atoms with E-state index < -0.39 is 23.8 Å². The number of imide groups is 2. The summed E-state index contributed by atoms with van der Waals surface area (Å²) in [5, 5.41) is 0. The molecule has 0 aliphatic carbocycles. The number of likely N-dealkylation sites (tertiary alicyclic amines) is 1. The lowest BCUT2D eigenvalue weighted by Crippen LogP contribution is -2.54. The number of carbonyl (C=O) groups is 4. The van der Waals surface area contributed by atoms with E-state index in [1.54, 1.807) is 24.3 Å². The number of fused-ring (bicyclic) bond motifs is 1. The molecule has 2 aliphatic rings. The van der Waals surface area contributed by atoms with Crippen molar-refractivity contribution in [3.63, 3.8) is 0 Å². The lowest BCUT2D eigenvalue weighted by atomic mass is 10.0. The third-order valence-electron chi connectivity index (χ3n) is 3.76. The highest BCUT2D eigenvalue weighted by Crippen LogP contribution is 2.28. The first kappa shape index (κ1) is 15.9. The zero-order valence-electron chi connectivity index (χ0n) is 12.8. The van der Waals surface area contributed by atoms with Gasteiger partial charge in [0, 0.05) is 13.5 Å². The van der Waals surface area contributed by atoms with Crippen molar-refractivity contribution in [1.82, 2.24) is 9.80 Å². The summed E-state index contributed by atoms with van der Waals surface area (Å²) >= 11 is 0. The Kier molecular flexibility index (Phi) is 4.40. The lowest BCUT2D eigenvalue weighted by molar-refractivity contribution is -0.149. The average Bonchev–Trinajstić information content (AvgIpc) is 2.80. The number of nitrogens with zero attached hydrogens (tertiary/aromatic N) is 2. The Hall–Kier alpha value is -2.50. The number of rotatable bonds is 1. The summed E-state index contributed by atoms with van der Waals surface area (Å²) in [6.07, 6.45) is 0.341. The van der Waals surface area contributed by atoms with Crippen molar-refractivity contribution < 1.29 is 19.2 Å². The molecule has 3 rings (SSSR count). The molecule has 0 bridgehead atoms. The summed E-state index contributed by atoms with van der Waals surface area (Å²) in [6.45, 7) is 4.00. The molecule has 6 heteroatoms. The molecule has 116 valence electrons. The van der Waals surface area contributed by atoms with E-state index >= 15 is 0 Å². The van der Waals surface area contributed by atoms with Gasteiger partial charge in [-0.2, -0.15) is 0 Å². The maximum absolute atomic E-state index is 12.3. The largest absolute Gasteiger partial charge is 0.284 e. The molecular formula is C16H18N2O4. The second kappa shape index (κ2) is 6.09. The van der Waals surface area contributed by atoms with Gasteiger partial charge in [-0.3, -0.25) is 29.0 Å². The normalized spacial score (nSPS) is 20.8. The van der Waals surface area contributed by atoms with Crippen LogP contribution < -0.4 is 0 Å². The van der Waals surface area contributed by atoms with E-state index in [9.17, 15) is 19.2 Å². The number of benzene rings is 1. The van der Waals surface area contributed by atoms with Crippen LogP contribution in [0.1, 0.15) is 47.4 Å². The third-order valence-corrected chi connectivity index (χ3v) is 3.76. The summed E-state index contributed by atoms with van der Waals surface area (Å²) in [5.74, 6) is -1.72. The number of carbonyl (C=O) groups excluding carboxylic acids is 4. The van der Waals surface area contributed by atoms with Gasteiger partial charge in [-0.1, -0.05) is 26.0 Å². The Balaban J connectivity index is 0.000000847. The van der Waals surface area contributed by atoms with E-state index in [1.165, 1.54) is 7.05 Å². The topological polar surface area (TPSA) is 74.8 Å². The fourth-order valence-corrected chi connectivity index (χ4v) is 2.63. The number of hydrogen-bond acceptors (Lipinski definition) is 4. The van der Waals surface area contributed by atoms with Crippen LogP contribution in [0.2, 0.25) is 0 Å². The minimum Gasteiger partial charge on any atom is -0.284 e. The Morgan fingerprint density at radius 2 is 1.45 bits per heavy atom. The number of likely N-dealkylation sites (N-methyl/N-ethyl adjacent to an activating group) is 1. The summed E-state index contributed by atoms with van der Waals surface area (Å²) in [7, 11) is 1.37. The Morgan fingerprint density at radius 3 is 1.95 bits per heavy atom. The SMILES string of the molecule is CC.CN1C(=O)CCC(N2C(=O)c3ccccc3C2=O)C1=O. The number of piperidine rings is 1. The van der Waals surface area contributed by atoms with Gasteiger partial charge < -0.3 is 0 Å². The smallest absolute Gasteiger partial charge is 0.262 e. The van der Waals surface area contributed by atoms with Gasteiger partial charge in [-0.05, 0) is 18.6 Å². The van der Waals surface area contributed by atoms with Crippen molar-refractivity contribution in [1.29, 1.82) is 0 Å². The van der Waals surface area contributed by atoms with E-state index in [0.29, 0.717) is 11.1 Å². The molecule has 1 aromatic rings. The predicted octanol–water partition coefficient (Wildman–Crippen LogP) is 1.46. The van der Waals surface area contributed by atoms with Crippen molar-refractivity contribution >= 4 is 23.6 Å². The van der Waals surface area contributed by atoms with E-state index in [4.69, 9.17) is 0 Å². The molecule has 6 nitrogen and oxygen atoms in total. The van der Waals surface area contributed by atoms with Gasteiger partial charge in [-0.25, -0.2) is 0 Å². The minimum absolute atomic E-state index is 0.153. The van der Waals surface area contributed by atoms with Gasteiger partial charge >= 0.3 is 0 Å². The Labute approximate surface area is 128 Å². The van der Waals surface area contributed by atoms with E-state index in [1.807, 2.05) is 13.8 Å². The summed E-state index contributed by atoms with van der Waals surface area (Å²) in [5.41, 5.74) is 0.620. The van der Waals surface area contributed by atoms with Crippen LogP contribution in [0.25, 0.3) is 0 Å².